The Morgan fingerprint density at radius 2 is 1.71 bits per heavy atom. The van der Waals surface area contributed by atoms with Crippen LogP contribution in [0.2, 0.25) is 0 Å². The van der Waals surface area contributed by atoms with Gasteiger partial charge in [-0.1, -0.05) is 30.3 Å². The lowest BCUT2D eigenvalue weighted by atomic mass is 10.0. The summed E-state index contributed by atoms with van der Waals surface area (Å²) in [5.74, 6) is -0.192. The molecule has 0 aromatic heterocycles. The molecule has 24 heavy (non-hydrogen) atoms. The molecule has 0 saturated heterocycles. The van der Waals surface area contributed by atoms with Crippen molar-refractivity contribution in [2.75, 3.05) is 46.4 Å². The summed E-state index contributed by atoms with van der Waals surface area (Å²) in [6, 6.07) is 10.0. The lowest BCUT2D eigenvalue weighted by molar-refractivity contribution is -0.141. The van der Waals surface area contributed by atoms with Crippen molar-refractivity contribution in [3.05, 3.63) is 35.9 Å². The van der Waals surface area contributed by atoms with Crippen LogP contribution in [0.3, 0.4) is 0 Å². The molecular weight excluding hydrogens is 304 g/mol. The molecule has 0 aliphatic rings. The van der Waals surface area contributed by atoms with E-state index < -0.39 is 0 Å². The van der Waals surface area contributed by atoms with Crippen molar-refractivity contribution in [3.8, 4) is 0 Å². The van der Waals surface area contributed by atoms with E-state index >= 15 is 0 Å². The summed E-state index contributed by atoms with van der Waals surface area (Å²) in [4.78, 5) is 11.6. The Morgan fingerprint density at radius 3 is 2.38 bits per heavy atom. The monoisotopic (exact) mass is 336 g/mol. The van der Waals surface area contributed by atoms with E-state index in [1.807, 2.05) is 30.3 Å². The van der Waals surface area contributed by atoms with Crippen LogP contribution in [0.1, 0.15) is 30.9 Å². The van der Waals surface area contributed by atoms with Crippen LogP contribution in [-0.4, -0.2) is 52.3 Å². The zero-order chi connectivity index (χ0) is 17.5. The summed E-state index contributed by atoms with van der Waals surface area (Å²) in [5, 5.41) is 10.1. The van der Waals surface area contributed by atoms with E-state index in [1.165, 1.54) is 7.11 Å². The van der Waals surface area contributed by atoms with E-state index in [2.05, 4.69) is 16.0 Å². The maximum absolute atomic E-state index is 11.6. The molecule has 0 saturated carbocycles. The second-order valence-electron chi connectivity index (χ2n) is 5.69. The average Bonchev–Trinajstić information content (AvgIpc) is 2.62. The molecule has 1 aromatic rings. The molecule has 136 valence electrons. The predicted octanol–water partition coefficient (Wildman–Crippen LogP) is 0.799. The van der Waals surface area contributed by atoms with E-state index in [1.54, 1.807) is 0 Å². The van der Waals surface area contributed by atoms with E-state index in [0.29, 0.717) is 13.0 Å². The largest absolute Gasteiger partial charge is 0.469 e. The molecule has 0 aliphatic heterocycles. The first-order chi connectivity index (χ1) is 11.8. The third-order valence-corrected chi connectivity index (χ3v) is 3.77. The van der Waals surface area contributed by atoms with Crippen LogP contribution < -0.4 is 21.7 Å². The van der Waals surface area contributed by atoms with Gasteiger partial charge in [0.1, 0.15) is 0 Å². The fourth-order valence-corrected chi connectivity index (χ4v) is 2.42. The van der Waals surface area contributed by atoms with Gasteiger partial charge < -0.3 is 26.4 Å². The third-order valence-electron chi connectivity index (χ3n) is 3.77. The van der Waals surface area contributed by atoms with Crippen LogP contribution in [0.4, 0.5) is 0 Å². The second kappa shape index (κ2) is 13.9. The normalized spacial score (nSPS) is 12.1. The van der Waals surface area contributed by atoms with E-state index in [-0.39, 0.29) is 12.0 Å². The molecule has 0 bridgehead atoms. The maximum atomic E-state index is 11.6. The topological polar surface area (TPSA) is 88.4 Å². The predicted molar refractivity (Wildman–Crippen MR) is 97.8 cm³/mol. The van der Waals surface area contributed by atoms with Gasteiger partial charge in [-0.3, -0.25) is 4.79 Å². The van der Waals surface area contributed by atoms with Crippen molar-refractivity contribution in [2.45, 2.75) is 25.3 Å². The number of hydrogen-bond acceptors (Lipinski definition) is 6. The minimum atomic E-state index is -0.192. The van der Waals surface area contributed by atoms with Crippen molar-refractivity contribution in [2.24, 2.45) is 5.73 Å². The number of hydrogen-bond donors (Lipinski definition) is 4. The van der Waals surface area contributed by atoms with Crippen LogP contribution in [-0.2, 0) is 9.53 Å². The molecule has 0 radical (unpaired) electrons. The summed E-state index contributed by atoms with van der Waals surface area (Å²) < 4.78 is 4.80. The van der Waals surface area contributed by atoms with Gasteiger partial charge in [-0.15, -0.1) is 0 Å². The first-order valence-corrected chi connectivity index (χ1v) is 8.74. The maximum Gasteiger partial charge on any atom is 0.307 e. The van der Waals surface area contributed by atoms with Crippen molar-refractivity contribution < 1.29 is 9.53 Å². The number of esters is 1. The standard InChI is InChI=1S/C18H32N4O2/c1-24-18(23)15-17(16-7-3-2-4-8-16)22-11-6-5-10-20-13-14-21-12-9-19/h2-4,7-8,17,20-22H,5-6,9-15,19H2,1H3. The first kappa shape index (κ1) is 20.6. The van der Waals surface area contributed by atoms with E-state index in [4.69, 9.17) is 10.5 Å². The van der Waals surface area contributed by atoms with Crippen molar-refractivity contribution in [1.82, 2.24) is 16.0 Å². The Bertz CT molecular complexity index is 428. The highest BCUT2D eigenvalue weighted by molar-refractivity contribution is 5.70. The fraction of sp³-hybridized carbons (Fsp3) is 0.611. The van der Waals surface area contributed by atoms with Crippen LogP contribution in [0, 0.1) is 0 Å². The Morgan fingerprint density at radius 1 is 1.04 bits per heavy atom. The van der Waals surface area contributed by atoms with Crippen molar-refractivity contribution in [1.29, 1.82) is 0 Å². The molecule has 6 nitrogen and oxygen atoms in total. The highest BCUT2D eigenvalue weighted by atomic mass is 16.5. The van der Waals surface area contributed by atoms with E-state index in [9.17, 15) is 4.79 Å². The summed E-state index contributed by atoms with van der Waals surface area (Å²) in [5.41, 5.74) is 6.53. The van der Waals surface area contributed by atoms with Crippen molar-refractivity contribution in [3.63, 3.8) is 0 Å². The van der Waals surface area contributed by atoms with Gasteiger partial charge in [0.2, 0.25) is 0 Å². The highest BCUT2D eigenvalue weighted by Gasteiger charge is 2.15. The third kappa shape index (κ3) is 9.62. The van der Waals surface area contributed by atoms with Gasteiger partial charge in [0.25, 0.3) is 0 Å². The molecular formula is C18H32N4O2. The number of unbranched alkanes of at least 4 members (excludes halogenated alkanes) is 1. The molecule has 1 atom stereocenters. The molecule has 0 fully saturated rings. The van der Waals surface area contributed by atoms with Crippen molar-refractivity contribution >= 4 is 5.97 Å². The molecule has 6 heteroatoms. The smallest absolute Gasteiger partial charge is 0.307 e. The molecule has 1 rings (SSSR count). The van der Waals surface area contributed by atoms with Gasteiger partial charge >= 0.3 is 5.97 Å². The summed E-state index contributed by atoms with van der Waals surface area (Å²) in [7, 11) is 1.43. The Hall–Kier alpha value is -1.47. The van der Waals surface area contributed by atoms with Gasteiger partial charge in [0, 0.05) is 32.2 Å². The van der Waals surface area contributed by atoms with Gasteiger partial charge in [0.05, 0.1) is 13.5 Å². The number of carbonyl (C=O) groups is 1. The molecule has 1 unspecified atom stereocenters. The average molecular weight is 336 g/mol. The van der Waals surface area contributed by atoms with Crippen LogP contribution in [0.25, 0.3) is 0 Å². The molecule has 0 aliphatic carbocycles. The first-order valence-electron chi connectivity index (χ1n) is 8.74. The molecule has 5 N–H and O–H groups in total. The number of benzene rings is 1. The minimum absolute atomic E-state index is 0.00655. The highest BCUT2D eigenvalue weighted by Crippen LogP contribution is 2.17. The quantitative estimate of drug-likeness (QED) is 0.297. The zero-order valence-corrected chi connectivity index (χ0v) is 14.7. The number of methoxy groups -OCH3 is 1. The Labute approximate surface area is 145 Å². The van der Waals surface area contributed by atoms with Crippen LogP contribution in [0.15, 0.2) is 30.3 Å². The molecule has 0 amide bonds. The van der Waals surface area contributed by atoms with Gasteiger partial charge in [-0.05, 0) is 31.5 Å². The second-order valence-corrected chi connectivity index (χ2v) is 5.69. The number of ether oxygens (including phenoxy) is 1. The summed E-state index contributed by atoms with van der Waals surface area (Å²) in [6.45, 7) is 5.34. The summed E-state index contributed by atoms with van der Waals surface area (Å²) in [6.07, 6.45) is 2.52. The van der Waals surface area contributed by atoms with Gasteiger partial charge in [0.15, 0.2) is 0 Å². The lowest BCUT2D eigenvalue weighted by Gasteiger charge is -2.18. The lowest BCUT2D eigenvalue weighted by Crippen LogP contribution is -2.31. The van der Waals surface area contributed by atoms with Gasteiger partial charge in [-0.2, -0.15) is 0 Å². The summed E-state index contributed by atoms with van der Waals surface area (Å²) >= 11 is 0. The minimum Gasteiger partial charge on any atom is -0.469 e. The Kier molecular flexibility index (Phi) is 11.9. The number of carbonyl (C=O) groups excluding carboxylic acids is 1. The molecule has 1 aromatic carbocycles. The SMILES string of the molecule is COC(=O)CC(NCCCCNCCNCCN)c1ccccc1. The number of nitrogens with two attached hydrogens (primary N) is 1. The number of rotatable bonds is 14. The molecule has 0 spiro atoms. The van der Waals surface area contributed by atoms with Crippen LogP contribution in [0.5, 0.6) is 0 Å². The van der Waals surface area contributed by atoms with E-state index in [0.717, 1.165) is 51.1 Å². The fourth-order valence-electron chi connectivity index (χ4n) is 2.42. The van der Waals surface area contributed by atoms with Gasteiger partial charge in [-0.25, -0.2) is 0 Å². The molecule has 0 heterocycles. The Balaban J connectivity index is 2.17. The zero-order valence-electron chi connectivity index (χ0n) is 14.7. The number of nitrogens with one attached hydrogen (secondary N) is 3. The van der Waals surface area contributed by atoms with Crippen LogP contribution >= 0.6 is 0 Å².